The van der Waals surface area contributed by atoms with Gasteiger partial charge in [0.1, 0.15) is 11.6 Å². The van der Waals surface area contributed by atoms with Crippen LogP contribution in [0.5, 0.6) is 0 Å². The fraction of sp³-hybridized carbons (Fsp3) is 0.200. The van der Waals surface area contributed by atoms with Crippen LogP contribution in [0.1, 0.15) is 22.7 Å². The SMILES string of the molecule is CNC(c1cc(F)c(C)cc1F)c1ccc(Br)cc1Cl. The molecule has 106 valence electrons. The summed E-state index contributed by atoms with van der Waals surface area (Å²) in [6, 6.07) is 7.22. The maximum absolute atomic E-state index is 14.1. The molecule has 0 saturated heterocycles. The lowest BCUT2D eigenvalue weighted by Gasteiger charge is -2.20. The monoisotopic (exact) mass is 359 g/mol. The third-order valence-corrected chi connectivity index (χ3v) is 3.97. The number of nitrogens with one attached hydrogen (secondary N) is 1. The molecule has 0 aliphatic rings. The van der Waals surface area contributed by atoms with Gasteiger partial charge in [-0.2, -0.15) is 0 Å². The second-order valence-electron chi connectivity index (χ2n) is 4.51. The van der Waals surface area contributed by atoms with Crippen LogP contribution >= 0.6 is 27.5 Å². The van der Waals surface area contributed by atoms with E-state index >= 15 is 0 Å². The molecule has 2 rings (SSSR count). The zero-order chi connectivity index (χ0) is 14.9. The van der Waals surface area contributed by atoms with Crippen LogP contribution in [-0.2, 0) is 0 Å². The number of benzene rings is 2. The average Bonchev–Trinajstić information content (AvgIpc) is 2.38. The molecule has 0 heterocycles. The van der Waals surface area contributed by atoms with E-state index in [-0.39, 0.29) is 11.1 Å². The van der Waals surface area contributed by atoms with Crippen LogP contribution in [0.25, 0.3) is 0 Å². The first-order chi connectivity index (χ1) is 9.43. The van der Waals surface area contributed by atoms with Crippen LogP contribution in [-0.4, -0.2) is 7.05 Å². The summed E-state index contributed by atoms with van der Waals surface area (Å²) in [5.74, 6) is -0.892. The first-order valence-electron chi connectivity index (χ1n) is 6.01. The molecule has 0 bridgehead atoms. The molecule has 0 amide bonds. The molecule has 2 aromatic rings. The van der Waals surface area contributed by atoms with E-state index in [2.05, 4.69) is 21.2 Å². The van der Waals surface area contributed by atoms with E-state index in [4.69, 9.17) is 11.6 Å². The van der Waals surface area contributed by atoms with Crippen LogP contribution < -0.4 is 5.32 Å². The van der Waals surface area contributed by atoms with Gasteiger partial charge in [-0.15, -0.1) is 0 Å². The third kappa shape index (κ3) is 3.03. The third-order valence-electron chi connectivity index (χ3n) is 3.15. The topological polar surface area (TPSA) is 12.0 Å². The number of halogens is 4. The van der Waals surface area contributed by atoms with Crippen molar-refractivity contribution in [2.45, 2.75) is 13.0 Å². The molecule has 2 aromatic carbocycles. The predicted molar refractivity (Wildman–Crippen MR) is 81.1 cm³/mol. The number of rotatable bonds is 3. The highest BCUT2D eigenvalue weighted by Gasteiger charge is 2.20. The quantitative estimate of drug-likeness (QED) is 0.812. The van der Waals surface area contributed by atoms with Crippen LogP contribution in [0.15, 0.2) is 34.8 Å². The molecule has 0 aromatic heterocycles. The van der Waals surface area contributed by atoms with Crippen molar-refractivity contribution in [2.75, 3.05) is 7.05 Å². The summed E-state index contributed by atoms with van der Waals surface area (Å²) in [6.45, 7) is 1.53. The Bertz CT molecular complexity index is 646. The van der Waals surface area contributed by atoms with E-state index in [9.17, 15) is 8.78 Å². The maximum atomic E-state index is 14.1. The highest BCUT2D eigenvalue weighted by Crippen LogP contribution is 2.32. The van der Waals surface area contributed by atoms with Crippen molar-refractivity contribution in [3.05, 3.63) is 68.2 Å². The number of hydrogen-bond donors (Lipinski definition) is 1. The van der Waals surface area contributed by atoms with Crippen LogP contribution in [0, 0.1) is 18.6 Å². The molecule has 0 aliphatic carbocycles. The smallest absolute Gasteiger partial charge is 0.128 e. The minimum absolute atomic E-state index is 0.236. The fourth-order valence-corrected chi connectivity index (χ4v) is 2.88. The summed E-state index contributed by atoms with van der Waals surface area (Å²) in [5, 5.41) is 3.46. The molecule has 20 heavy (non-hydrogen) atoms. The Labute approximate surface area is 130 Å². The van der Waals surface area contributed by atoms with Gasteiger partial charge in [0.05, 0.1) is 6.04 Å². The zero-order valence-corrected chi connectivity index (χ0v) is 13.3. The van der Waals surface area contributed by atoms with Crippen molar-refractivity contribution in [3.63, 3.8) is 0 Å². The summed E-state index contributed by atoms with van der Waals surface area (Å²) in [4.78, 5) is 0. The van der Waals surface area contributed by atoms with Crippen molar-refractivity contribution in [3.8, 4) is 0 Å². The van der Waals surface area contributed by atoms with Gasteiger partial charge in [0.25, 0.3) is 0 Å². The molecule has 0 radical (unpaired) electrons. The van der Waals surface area contributed by atoms with E-state index in [1.54, 1.807) is 19.2 Å². The Hall–Kier alpha value is -0.970. The van der Waals surface area contributed by atoms with E-state index in [0.29, 0.717) is 10.6 Å². The minimum Gasteiger partial charge on any atom is -0.309 e. The second-order valence-corrected chi connectivity index (χ2v) is 5.83. The number of hydrogen-bond acceptors (Lipinski definition) is 1. The van der Waals surface area contributed by atoms with Gasteiger partial charge in [0.2, 0.25) is 0 Å². The lowest BCUT2D eigenvalue weighted by atomic mass is 9.97. The molecule has 0 fully saturated rings. The molecular weight excluding hydrogens is 348 g/mol. The van der Waals surface area contributed by atoms with Gasteiger partial charge < -0.3 is 5.32 Å². The molecule has 0 aliphatic heterocycles. The average molecular weight is 361 g/mol. The van der Waals surface area contributed by atoms with E-state index in [1.807, 2.05) is 6.07 Å². The van der Waals surface area contributed by atoms with Gasteiger partial charge in [0, 0.05) is 15.1 Å². The Morgan fingerprint density at radius 2 is 1.80 bits per heavy atom. The summed E-state index contributed by atoms with van der Waals surface area (Å²) in [6.07, 6.45) is 0. The molecule has 1 nitrogen and oxygen atoms in total. The molecule has 1 atom stereocenters. The van der Waals surface area contributed by atoms with Crippen molar-refractivity contribution >= 4 is 27.5 Å². The fourth-order valence-electron chi connectivity index (χ4n) is 2.10. The maximum Gasteiger partial charge on any atom is 0.128 e. The van der Waals surface area contributed by atoms with Gasteiger partial charge in [0.15, 0.2) is 0 Å². The van der Waals surface area contributed by atoms with Crippen molar-refractivity contribution in [1.82, 2.24) is 5.32 Å². The van der Waals surface area contributed by atoms with Gasteiger partial charge >= 0.3 is 0 Å². The molecule has 1 unspecified atom stereocenters. The molecule has 1 N–H and O–H groups in total. The zero-order valence-electron chi connectivity index (χ0n) is 11.0. The van der Waals surface area contributed by atoms with Crippen LogP contribution in [0.2, 0.25) is 5.02 Å². The van der Waals surface area contributed by atoms with Crippen molar-refractivity contribution in [1.29, 1.82) is 0 Å². The second kappa shape index (κ2) is 6.20. The van der Waals surface area contributed by atoms with Gasteiger partial charge in [-0.1, -0.05) is 33.6 Å². The summed E-state index contributed by atoms with van der Waals surface area (Å²) in [7, 11) is 1.68. The Kier molecular flexibility index (Phi) is 4.78. The lowest BCUT2D eigenvalue weighted by molar-refractivity contribution is 0.553. The number of aryl methyl sites for hydroxylation is 1. The van der Waals surface area contributed by atoms with Crippen LogP contribution in [0.4, 0.5) is 8.78 Å². The van der Waals surface area contributed by atoms with E-state index in [1.165, 1.54) is 19.1 Å². The lowest BCUT2D eigenvalue weighted by Crippen LogP contribution is -2.19. The van der Waals surface area contributed by atoms with Crippen molar-refractivity contribution in [2.24, 2.45) is 0 Å². The molecule has 5 heteroatoms. The molecule has 0 saturated carbocycles. The summed E-state index contributed by atoms with van der Waals surface area (Å²) >= 11 is 9.51. The van der Waals surface area contributed by atoms with Gasteiger partial charge in [-0.05, 0) is 49.4 Å². The standard InChI is InChI=1S/C15H13BrClF2N/c1-8-5-14(19)11(7-13(8)18)15(20-2)10-4-3-9(16)6-12(10)17/h3-7,15,20H,1-2H3. The predicted octanol–water partition coefficient (Wildman–Crippen LogP) is 5.00. The Morgan fingerprint density at radius 1 is 1.10 bits per heavy atom. The van der Waals surface area contributed by atoms with Crippen LogP contribution in [0.3, 0.4) is 0 Å². The summed E-state index contributed by atoms with van der Waals surface area (Å²) < 4.78 is 28.6. The Balaban J connectivity index is 2.55. The van der Waals surface area contributed by atoms with E-state index < -0.39 is 17.7 Å². The summed E-state index contributed by atoms with van der Waals surface area (Å²) in [5.41, 5.74) is 1.21. The first kappa shape index (κ1) is 15.4. The normalized spacial score (nSPS) is 12.5. The van der Waals surface area contributed by atoms with E-state index in [0.717, 1.165) is 4.47 Å². The highest BCUT2D eigenvalue weighted by molar-refractivity contribution is 9.10. The van der Waals surface area contributed by atoms with Gasteiger partial charge in [-0.25, -0.2) is 8.78 Å². The largest absolute Gasteiger partial charge is 0.309 e. The first-order valence-corrected chi connectivity index (χ1v) is 7.19. The van der Waals surface area contributed by atoms with Crippen molar-refractivity contribution < 1.29 is 8.78 Å². The van der Waals surface area contributed by atoms with Gasteiger partial charge in [-0.3, -0.25) is 0 Å². The molecule has 0 spiro atoms. The molecular formula is C15H13BrClF2N. The minimum atomic E-state index is -0.509. The highest BCUT2D eigenvalue weighted by atomic mass is 79.9. The Morgan fingerprint density at radius 3 is 2.40 bits per heavy atom.